The molecule has 0 radical (unpaired) electrons. The summed E-state index contributed by atoms with van der Waals surface area (Å²) in [5.74, 6) is 2.02. The first-order chi connectivity index (χ1) is 8.28. The summed E-state index contributed by atoms with van der Waals surface area (Å²) >= 11 is 7.22. The van der Waals surface area contributed by atoms with Crippen LogP contribution in [0, 0.1) is 4.64 Å². The zero-order chi connectivity index (χ0) is 12.1. The Kier molecular flexibility index (Phi) is 5.04. The third-order valence-electron chi connectivity index (χ3n) is 3.24. The topological polar surface area (TPSA) is 28.7 Å². The van der Waals surface area contributed by atoms with Gasteiger partial charge < -0.3 is 4.98 Å². The predicted octanol–water partition coefficient (Wildman–Crippen LogP) is 4.27. The van der Waals surface area contributed by atoms with Crippen LogP contribution in [-0.2, 0) is 12.2 Å². The van der Waals surface area contributed by atoms with Gasteiger partial charge >= 0.3 is 0 Å². The molecule has 0 aromatic carbocycles. The van der Waals surface area contributed by atoms with Gasteiger partial charge in [0.1, 0.15) is 10.5 Å². The molecule has 94 valence electrons. The van der Waals surface area contributed by atoms with Gasteiger partial charge in [0.2, 0.25) is 0 Å². The van der Waals surface area contributed by atoms with E-state index in [4.69, 9.17) is 12.2 Å². The van der Waals surface area contributed by atoms with E-state index in [0.717, 1.165) is 27.9 Å². The van der Waals surface area contributed by atoms with Crippen molar-refractivity contribution >= 4 is 24.0 Å². The van der Waals surface area contributed by atoms with Crippen LogP contribution in [0.15, 0.2) is 6.07 Å². The Morgan fingerprint density at radius 3 is 2.88 bits per heavy atom. The van der Waals surface area contributed by atoms with Crippen LogP contribution in [0.25, 0.3) is 0 Å². The highest BCUT2D eigenvalue weighted by Crippen LogP contribution is 2.29. The number of aromatic amines is 1. The van der Waals surface area contributed by atoms with Crippen molar-refractivity contribution in [2.24, 2.45) is 0 Å². The first-order valence-electron chi connectivity index (χ1n) is 6.48. The minimum absolute atomic E-state index is 0.722. The van der Waals surface area contributed by atoms with Crippen molar-refractivity contribution < 1.29 is 0 Å². The van der Waals surface area contributed by atoms with Gasteiger partial charge in [0.05, 0.1) is 5.75 Å². The summed E-state index contributed by atoms with van der Waals surface area (Å²) < 4.78 is 0.722. The third kappa shape index (κ3) is 4.11. The lowest BCUT2D eigenvalue weighted by Crippen LogP contribution is -2.09. The molecule has 17 heavy (non-hydrogen) atoms. The molecule has 1 heterocycles. The summed E-state index contributed by atoms with van der Waals surface area (Å²) in [6.45, 7) is 2.14. The Bertz CT molecular complexity index is 408. The molecule has 0 saturated heterocycles. The molecular weight excluding hydrogens is 248 g/mol. The molecule has 0 spiro atoms. The van der Waals surface area contributed by atoms with Gasteiger partial charge in [-0.25, -0.2) is 4.98 Å². The number of aromatic nitrogens is 2. The van der Waals surface area contributed by atoms with Gasteiger partial charge in [0, 0.05) is 10.9 Å². The highest BCUT2D eigenvalue weighted by atomic mass is 32.2. The number of hydrogen-bond donors (Lipinski definition) is 1. The highest BCUT2D eigenvalue weighted by molar-refractivity contribution is 7.99. The maximum absolute atomic E-state index is 5.18. The van der Waals surface area contributed by atoms with Crippen molar-refractivity contribution in [2.45, 2.75) is 56.5 Å². The van der Waals surface area contributed by atoms with E-state index in [1.807, 2.05) is 17.8 Å². The van der Waals surface area contributed by atoms with Crippen LogP contribution in [0.5, 0.6) is 0 Å². The van der Waals surface area contributed by atoms with Crippen molar-refractivity contribution in [1.82, 2.24) is 9.97 Å². The van der Waals surface area contributed by atoms with Crippen molar-refractivity contribution in [1.29, 1.82) is 0 Å². The molecule has 1 aliphatic carbocycles. The van der Waals surface area contributed by atoms with Crippen molar-refractivity contribution in [2.75, 3.05) is 0 Å². The number of thioether (sulfide) groups is 1. The molecule has 0 amide bonds. The van der Waals surface area contributed by atoms with Crippen LogP contribution in [0.4, 0.5) is 0 Å². The van der Waals surface area contributed by atoms with Crippen LogP contribution >= 0.6 is 24.0 Å². The molecule has 4 heteroatoms. The van der Waals surface area contributed by atoms with Crippen LogP contribution in [-0.4, -0.2) is 15.2 Å². The van der Waals surface area contributed by atoms with Gasteiger partial charge in [0.15, 0.2) is 0 Å². The van der Waals surface area contributed by atoms with Crippen LogP contribution in [0.1, 0.15) is 50.5 Å². The van der Waals surface area contributed by atoms with Crippen molar-refractivity contribution in [3.8, 4) is 0 Å². The van der Waals surface area contributed by atoms with Crippen molar-refractivity contribution in [3.05, 3.63) is 22.2 Å². The van der Waals surface area contributed by atoms with E-state index in [1.54, 1.807) is 0 Å². The Morgan fingerprint density at radius 1 is 1.41 bits per heavy atom. The summed E-state index contributed by atoms with van der Waals surface area (Å²) in [6, 6.07) is 1.96. The molecule has 1 N–H and O–H groups in total. The quantitative estimate of drug-likeness (QED) is 0.827. The van der Waals surface area contributed by atoms with E-state index in [-0.39, 0.29) is 0 Å². The molecule has 2 rings (SSSR count). The Morgan fingerprint density at radius 2 is 2.18 bits per heavy atom. The van der Waals surface area contributed by atoms with E-state index < -0.39 is 0 Å². The van der Waals surface area contributed by atoms with Crippen LogP contribution in [0.2, 0.25) is 0 Å². The summed E-state index contributed by atoms with van der Waals surface area (Å²) in [4.78, 5) is 7.78. The monoisotopic (exact) mass is 268 g/mol. The molecule has 1 saturated carbocycles. The largest absolute Gasteiger partial charge is 0.346 e. The van der Waals surface area contributed by atoms with Gasteiger partial charge in [-0.2, -0.15) is 11.8 Å². The lowest BCUT2D eigenvalue weighted by molar-refractivity contribution is 0.516. The first-order valence-corrected chi connectivity index (χ1v) is 7.94. The second kappa shape index (κ2) is 6.55. The number of nitrogens with one attached hydrogen (secondary N) is 1. The van der Waals surface area contributed by atoms with Gasteiger partial charge in [-0.1, -0.05) is 38.4 Å². The fraction of sp³-hybridized carbons (Fsp3) is 0.692. The fourth-order valence-electron chi connectivity index (χ4n) is 2.25. The molecule has 1 aromatic heterocycles. The Labute approximate surface area is 113 Å². The summed E-state index contributed by atoms with van der Waals surface area (Å²) in [5.41, 5.74) is 1.20. The van der Waals surface area contributed by atoms with Gasteiger partial charge in [-0.3, -0.25) is 0 Å². The average Bonchev–Trinajstić information content (AvgIpc) is 2.37. The molecule has 0 unspecified atom stereocenters. The minimum atomic E-state index is 0.722. The molecule has 0 aliphatic heterocycles. The summed E-state index contributed by atoms with van der Waals surface area (Å²) in [5, 5.41) is 0.831. The van der Waals surface area contributed by atoms with Gasteiger partial charge in [-0.05, 0) is 25.3 Å². The number of nitrogens with zero attached hydrogens (tertiary/aromatic N) is 1. The molecule has 1 fully saturated rings. The highest BCUT2D eigenvalue weighted by Gasteiger charge is 2.14. The number of aryl methyl sites for hydroxylation is 1. The number of hydrogen-bond acceptors (Lipinski definition) is 3. The molecule has 0 bridgehead atoms. The maximum atomic E-state index is 5.18. The lowest BCUT2D eigenvalue weighted by Gasteiger charge is -2.20. The van der Waals surface area contributed by atoms with Gasteiger partial charge in [0.25, 0.3) is 0 Å². The molecular formula is C13H20N2S2. The summed E-state index contributed by atoms with van der Waals surface area (Å²) in [7, 11) is 0. The second-order valence-corrected chi connectivity index (χ2v) is 6.32. The van der Waals surface area contributed by atoms with E-state index in [9.17, 15) is 0 Å². The molecule has 2 nitrogen and oxygen atoms in total. The van der Waals surface area contributed by atoms with Crippen molar-refractivity contribution in [3.63, 3.8) is 0 Å². The zero-order valence-corrected chi connectivity index (χ0v) is 12.0. The molecule has 1 aliphatic rings. The Balaban J connectivity index is 1.93. The van der Waals surface area contributed by atoms with E-state index in [1.165, 1.54) is 37.8 Å². The summed E-state index contributed by atoms with van der Waals surface area (Å²) in [6.07, 6.45) is 7.96. The molecule has 1 aromatic rings. The first kappa shape index (κ1) is 13.1. The molecule has 0 atom stereocenters. The van der Waals surface area contributed by atoms with E-state index in [2.05, 4.69) is 16.9 Å². The normalized spacial score (nSPS) is 17.2. The zero-order valence-electron chi connectivity index (χ0n) is 10.4. The maximum Gasteiger partial charge on any atom is 0.130 e. The van der Waals surface area contributed by atoms with E-state index >= 15 is 0 Å². The third-order valence-corrected chi connectivity index (χ3v) is 4.83. The minimum Gasteiger partial charge on any atom is -0.346 e. The van der Waals surface area contributed by atoms with E-state index in [0.29, 0.717) is 0 Å². The second-order valence-electron chi connectivity index (χ2n) is 4.62. The SMILES string of the molecule is CCc1cc(=S)nc(CSC2CCCCC2)[nH]1. The van der Waals surface area contributed by atoms with Gasteiger partial charge in [-0.15, -0.1) is 0 Å². The number of H-pyrrole nitrogens is 1. The predicted molar refractivity (Wildman–Crippen MR) is 77.0 cm³/mol. The fourth-order valence-corrected chi connectivity index (χ4v) is 3.70. The smallest absolute Gasteiger partial charge is 0.130 e. The average molecular weight is 268 g/mol. The number of rotatable bonds is 4. The van der Waals surface area contributed by atoms with Crippen LogP contribution in [0.3, 0.4) is 0 Å². The standard InChI is InChI=1S/C13H20N2S2/c1-2-10-8-13(16)15-12(14-10)9-17-11-6-4-3-5-7-11/h8,11H,2-7,9H2,1H3,(H,14,15,16). The van der Waals surface area contributed by atoms with Crippen LogP contribution < -0.4 is 0 Å². The Hall–Kier alpha value is -0.350. The lowest BCUT2D eigenvalue weighted by atomic mass is 10.0.